The lowest BCUT2D eigenvalue weighted by Crippen LogP contribution is -2.34. The van der Waals surface area contributed by atoms with E-state index in [4.69, 9.17) is 20.9 Å². The van der Waals surface area contributed by atoms with Crippen molar-refractivity contribution in [2.45, 2.75) is 6.04 Å². The fraction of sp³-hybridized carbons (Fsp3) is 0.238. The van der Waals surface area contributed by atoms with Crippen LogP contribution in [0.1, 0.15) is 22.1 Å². The molecule has 1 heterocycles. The molecule has 0 fully saturated rings. The van der Waals surface area contributed by atoms with Gasteiger partial charge in [-0.2, -0.15) is 0 Å². The lowest BCUT2D eigenvalue weighted by molar-refractivity contribution is 0.0933. The van der Waals surface area contributed by atoms with Gasteiger partial charge in [0.15, 0.2) is 11.5 Å². The summed E-state index contributed by atoms with van der Waals surface area (Å²) >= 11 is 5.90. The Hall–Kier alpha value is -2.83. The van der Waals surface area contributed by atoms with E-state index >= 15 is 0 Å². The molecule has 3 aromatic rings. The van der Waals surface area contributed by atoms with E-state index in [9.17, 15) is 4.79 Å². The lowest BCUT2D eigenvalue weighted by atomic mass is 10.1. The molecular formula is C21H22ClN3O3. The van der Waals surface area contributed by atoms with E-state index in [1.54, 1.807) is 25.3 Å². The summed E-state index contributed by atoms with van der Waals surface area (Å²) in [6.07, 6.45) is 0. The molecule has 0 aliphatic rings. The number of amides is 1. The fourth-order valence-corrected chi connectivity index (χ4v) is 2.96. The minimum Gasteiger partial charge on any atom is -0.497 e. The molecule has 0 spiro atoms. The molecular weight excluding hydrogens is 378 g/mol. The van der Waals surface area contributed by atoms with Gasteiger partial charge in [-0.1, -0.05) is 28.9 Å². The molecule has 0 radical (unpaired) electrons. The van der Waals surface area contributed by atoms with Gasteiger partial charge in [0, 0.05) is 23.2 Å². The van der Waals surface area contributed by atoms with Crippen LogP contribution in [0.4, 0.5) is 0 Å². The van der Waals surface area contributed by atoms with Crippen molar-refractivity contribution in [1.29, 1.82) is 0 Å². The number of hydrogen-bond donors (Lipinski definition) is 1. The van der Waals surface area contributed by atoms with Crippen LogP contribution in [0.25, 0.3) is 11.3 Å². The second-order valence-corrected chi connectivity index (χ2v) is 6.98. The van der Waals surface area contributed by atoms with Gasteiger partial charge in [0.2, 0.25) is 0 Å². The number of hydrogen-bond acceptors (Lipinski definition) is 5. The first kappa shape index (κ1) is 19.9. The molecule has 7 heteroatoms. The molecule has 0 saturated carbocycles. The molecule has 1 atom stereocenters. The van der Waals surface area contributed by atoms with E-state index in [0.29, 0.717) is 17.3 Å². The smallest absolute Gasteiger partial charge is 0.273 e. The summed E-state index contributed by atoms with van der Waals surface area (Å²) < 4.78 is 10.5. The number of carbonyl (C=O) groups excluding carboxylic acids is 1. The number of likely N-dealkylation sites (N-methyl/N-ethyl adjacent to an activating group) is 1. The summed E-state index contributed by atoms with van der Waals surface area (Å²) in [7, 11) is 5.57. The Labute approximate surface area is 169 Å². The molecule has 1 unspecified atom stereocenters. The third-order valence-electron chi connectivity index (χ3n) is 4.45. The number of ether oxygens (including phenoxy) is 1. The van der Waals surface area contributed by atoms with Crippen molar-refractivity contribution in [3.63, 3.8) is 0 Å². The number of nitrogens with one attached hydrogen (secondary N) is 1. The van der Waals surface area contributed by atoms with Crippen LogP contribution in [-0.4, -0.2) is 43.7 Å². The highest BCUT2D eigenvalue weighted by Crippen LogP contribution is 2.23. The molecule has 1 amide bonds. The van der Waals surface area contributed by atoms with Crippen molar-refractivity contribution in [3.05, 3.63) is 70.9 Å². The molecule has 0 saturated heterocycles. The van der Waals surface area contributed by atoms with Crippen molar-refractivity contribution in [3.8, 4) is 17.1 Å². The Morgan fingerprint density at radius 2 is 1.86 bits per heavy atom. The Bertz CT molecular complexity index is 921. The third kappa shape index (κ3) is 4.71. The molecule has 0 bridgehead atoms. The van der Waals surface area contributed by atoms with Crippen LogP contribution in [0.15, 0.2) is 59.1 Å². The Kier molecular flexibility index (Phi) is 6.34. The summed E-state index contributed by atoms with van der Waals surface area (Å²) in [6.45, 7) is 0.432. The van der Waals surface area contributed by atoms with Gasteiger partial charge in [-0.25, -0.2) is 0 Å². The Morgan fingerprint density at radius 3 is 2.46 bits per heavy atom. The quantitative estimate of drug-likeness (QED) is 0.649. The van der Waals surface area contributed by atoms with Crippen LogP contribution in [0.3, 0.4) is 0 Å². The van der Waals surface area contributed by atoms with Crippen LogP contribution in [0.5, 0.6) is 5.75 Å². The number of aromatic nitrogens is 1. The zero-order chi connectivity index (χ0) is 20.1. The number of nitrogens with zero attached hydrogens (tertiary/aromatic N) is 2. The Balaban J connectivity index is 1.67. The zero-order valence-corrected chi connectivity index (χ0v) is 16.7. The minimum absolute atomic E-state index is 0.0116. The number of halogens is 1. The number of benzene rings is 2. The summed E-state index contributed by atoms with van der Waals surface area (Å²) in [5.74, 6) is 1.02. The standard InChI is InChI=1S/C21H22ClN3O3/c1-25(2)19(14-6-10-17(27-3)11-7-14)13-23-21(26)18-12-20(28-24-18)15-4-8-16(22)9-5-15/h4-12,19H,13H2,1-3H3,(H,23,26). The topological polar surface area (TPSA) is 67.6 Å². The van der Waals surface area contributed by atoms with Gasteiger partial charge >= 0.3 is 0 Å². The zero-order valence-electron chi connectivity index (χ0n) is 16.0. The molecule has 0 aliphatic heterocycles. The van der Waals surface area contributed by atoms with Crippen molar-refractivity contribution in [2.24, 2.45) is 0 Å². The maximum absolute atomic E-state index is 12.5. The number of rotatable bonds is 7. The van der Waals surface area contributed by atoms with Gasteiger partial charge in [-0.15, -0.1) is 0 Å². The largest absolute Gasteiger partial charge is 0.497 e. The first-order valence-electron chi connectivity index (χ1n) is 8.79. The molecule has 1 N–H and O–H groups in total. The highest BCUT2D eigenvalue weighted by molar-refractivity contribution is 6.30. The van der Waals surface area contributed by atoms with Crippen LogP contribution in [0.2, 0.25) is 5.02 Å². The van der Waals surface area contributed by atoms with E-state index < -0.39 is 0 Å². The predicted octanol–water partition coefficient (Wildman–Crippen LogP) is 4.04. The van der Waals surface area contributed by atoms with Crippen LogP contribution in [-0.2, 0) is 0 Å². The molecule has 0 aliphatic carbocycles. The van der Waals surface area contributed by atoms with E-state index in [1.165, 1.54) is 0 Å². The molecule has 146 valence electrons. The predicted molar refractivity (Wildman–Crippen MR) is 109 cm³/mol. The maximum Gasteiger partial charge on any atom is 0.273 e. The highest BCUT2D eigenvalue weighted by atomic mass is 35.5. The van der Waals surface area contributed by atoms with Crippen molar-refractivity contribution >= 4 is 17.5 Å². The maximum atomic E-state index is 12.5. The van der Waals surface area contributed by atoms with Crippen molar-refractivity contribution < 1.29 is 14.1 Å². The minimum atomic E-state index is -0.288. The van der Waals surface area contributed by atoms with Crippen LogP contribution < -0.4 is 10.1 Å². The van der Waals surface area contributed by atoms with Crippen molar-refractivity contribution in [1.82, 2.24) is 15.4 Å². The van der Waals surface area contributed by atoms with Gasteiger partial charge in [0.05, 0.1) is 13.2 Å². The summed E-state index contributed by atoms with van der Waals surface area (Å²) in [5, 5.41) is 7.44. The van der Waals surface area contributed by atoms with Crippen LogP contribution in [0, 0.1) is 0 Å². The fourth-order valence-electron chi connectivity index (χ4n) is 2.84. The number of carbonyl (C=O) groups is 1. The van der Waals surface area contributed by atoms with E-state index in [-0.39, 0.29) is 17.6 Å². The van der Waals surface area contributed by atoms with E-state index in [1.807, 2.05) is 55.4 Å². The molecule has 1 aromatic heterocycles. The van der Waals surface area contributed by atoms with Crippen LogP contribution >= 0.6 is 11.6 Å². The first-order chi connectivity index (χ1) is 13.5. The lowest BCUT2D eigenvalue weighted by Gasteiger charge is -2.25. The molecule has 6 nitrogen and oxygen atoms in total. The second-order valence-electron chi connectivity index (χ2n) is 6.55. The summed E-state index contributed by atoms with van der Waals surface area (Å²) in [6, 6.07) is 16.6. The second kappa shape index (κ2) is 8.91. The molecule has 28 heavy (non-hydrogen) atoms. The summed E-state index contributed by atoms with van der Waals surface area (Å²) in [5.41, 5.74) is 2.12. The average Bonchev–Trinajstić information content (AvgIpc) is 3.19. The monoisotopic (exact) mass is 399 g/mol. The van der Waals surface area contributed by atoms with Crippen molar-refractivity contribution in [2.75, 3.05) is 27.7 Å². The summed E-state index contributed by atoms with van der Waals surface area (Å²) in [4.78, 5) is 14.6. The average molecular weight is 400 g/mol. The van der Waals surface area contributed by atoms with Gasteiger partial charge < -0.3 is 19.5 Å². The van der Waals surface area contributed by atoms with Gasteiger partial charge in [0.25, 0.3) is 5.91 Å². The third-order valence-corrected chi connectivity index (χ3v) is 4.70. The first-order valence-corrected chi connectivity index (χ1v) is 9.17. The van der Waals surface area contributed by atoms with E-state index in [0.717, 1.165) is 16.9 Å². The SMILES string of the molecule is COc1ccc(C(CNC(=O)c2cc(-c3ccc(Cl)cc3)on2)N(C)C)cc1. The molecule has 3 rings (SSSR count). The highest BCUT2D eigenvalue weighted by Gasteiger charge is 2.18. The van der Waals surface area contributed by atoms with Gasteiger partial charge in [0.1, 0.15) is 5.75 Å². The number of methoxy groups -OCH3 is 1. The Morgan fingerprint density at radius 1 is 1.18 bits per heavy atom. The van der Waals surface area contributed by atoms with Gasteiger partial charge in [-0.3, -0.25) is 4.79 Å². The van der Waals surface area contributed by atoms with E-state index in [2.05, 4.69) is 10.5 Å². The van der Waals surface area contributed by atoms with Gasteiger partial charge in [-0.05, 0) is 56.1 Å². The normalized spacial score (nSPS) is 12.0. The molecule has 2 aromatic carbocycles.